The molecular weight excluding hydrogens is 624 g/mol. The molecule has 0 radical (unpaired) electrons. The molecule has 0 saturated carbocycles. The molecule has 0 amide bonds. The number of benzene rings is 4. The second kappa shape index (κ2) is 11.5. The van der Waals surface area contributed by atoms with E-state index in [4.69, 9.17) is 19.5 Å². The summed E-state index contributed by atoms with van der Waals surface area (Å²) in [7, 11) is 3.29. The maximum atomic E-state index is 11.9. The van der Waals surface area contributed by atoms with Gasteiger partial charge in [-0.15, -0.1) is 0 Å². The van der Waals surface area contributed by atoms with Crippen molar-refractivity contribution in [2.45, 2.75) is 52.6 Å². The van der Waals surface area contributed by atoms with Crippen molar-refractivity contribution in [2.24, 2.45) is 9.98 Å². The standard InChI is InChI=1S/C42H40N4O4/c1-23-5-10-28-30-13-15-44-35-19-26-8-12-38(50-4)42(48)33(26)22-46-37-20-27(49-3)9-11-29(37)31-14-16-43-34(40(31)46)18-25-7-6-24(2)41(47)32(25)21-45(39(30)35)36(28)17-23/h5-12,17,20,47-48H,13-16,18-19,21-22H2,1-4H3. The summed E-state index contributed by atoms with van der Waals surface area (Å²) in [6, 6.07) is 21.0. The van der Waals surface area contributed by atoms with Gasteiger partial charge in [-0.05, 0) is 84.3 Å². The molecule has 0 fully saturated rings. The fraction of sp³-hybridized carbons (Fsp3) is 0.286. The number of methoxy groups -OCH3 is 2. The van der Waals surface area contributed by atoms with E-state index in [-0.39, 0.29) is 5.75 Å². The zero-order valence-corrected chi connectivity index (χ0v) is 28.9. The van der Waals surface area contributed by atoms with Crippen molar-refractivity contribution >= 4 is 33.2 Å². The van der Waals surface area contributed by atoms with Crippen LogP contribution in [0.5, 0.6) is 23.0 Å². The minimum absolute atomic E-state index is 0.142. The van der Waals surface area contributed by atoms with Crippen LogP contribution in [0, 0.1) is 13.8 Å². The topological polar surface area (TPSA) is 93.5 Å². The summed E-state index contributed by atoms with van der Waals surface area (Å²) in [5, 5.41) is 26.1. The van der Waals surface area contributed by atoms with Crippen molar-refractivity contribution in [3.8, 4) is 23.0 Å². The molecule has 8 heteroatoms. The lowest BCUT2D eigenvalue weighted by atomic mass is 9.92. The molecule has 9 rings (SSSR count). The quantitative estimate of drug-likeness (QED) is 0.204. The first kappa shape index (κ1) is 30.6. The molecular formula is C42H40N4O4. The Kier molecular flexibility index (Phi) is 7.05. The highest BCUT2D eigenvalue weighted by atomic mass is 16.5. The van der Waals surface area contributed by atoms with Crippen LogP contribution in [0.15, 0.2) is 70.6 Å². The van der Waals surface area contributed by atoms with Gasteiger partial charge >= 0.3 is 0 Å². The van der Waals surface area contributed by atoms with Gasteiger partial charge in [0.2, 0.25) is 0 Å². The van der Waals surface area contributed by atoms with E-state index in [1.54, 1.807) is 14.2 Å². The lowest BCUT2D eigenvalue weighted by Gasteiger charge is -2.24. The van der Waals surface area contributed by atoms with Crippen molar-refractivity contribution in [1.29, 1.82) is 0 Å². The highest BCUT2D eigenvalue weighted by molar-refractivity contribution is 6.09. The van der Waals surface area contributed by atoms with E-state index in [1.807, 2.05) is 25.1 Å². The Bertz CT molecular complexity index is 2460. The maximum Gasteiger partial charge on any atom is 0.163 e. The molecule has 0 saturated heterocycles. The summed E-state index contributed by atoms with van der Waals surface area (Å²) in [6.45, 7) is 6.39. The Hall–Kier alpha value is -5.50. The van der Waals surface area contributed by atoms with E-state index >= 15 is 0 Å². The Morgan fingerprint density at radius 2 is 1.20 bits per heavy atom. The normalized spacial score (nSPS) is 15.4. The molecule has 6 aromatic rings. The number of ether oxygens (including phenoxy) is 2. The molecule has 5 heterocycles. The zero-order chi connectivity index (χ0) is 34.3. The predicted molar refractivity (Wildman–Crippen MR) is 198 cm³/mol. The number of phenols is 2. The molecule has 50 heavy (non-hydrogen) atoms. The molecule has 8 nitrogen and oxygen atoms in total. The Morgan fingerprint density at radius 3 is 1.82 bits per heavy atom. The third kappa shape index (κ3) is 4.57. The number of rotatable bonds is 2. The molecule has 3 aliphatic rings. The number of phenolic OH excluding ortho intramolecular Hbond substituents is 2. The van der Waals surface area contributed by atoms with Gasteiger partial charge in [-0.1, -0.05) is 30.3 Å². The first-order valence-electron chi connectivity index (χ1n) is 17.4. The van der Waals surface area contributed by atoms with Gasteiger partial charge in [0.05, 0.1) is 55.6 Å². The summed E-state index contributed by atoms with van der Waals surface area (Å²) >= 11 is 0. The highest BCUT2D eigenvalue weighted by Crippen LogP contribution is 2.41. The van der Waals surface area contributed by atoms with Gasteiger partial charge < -0.3 is 28.8 Å². The van der Waals surface area contributed by atoms with E-state index in [9.17, 15) is 10.2 Å². The summed E-state index contributed by atoms with van der Waals surface area (Å²) in [6.07, 6.45) is 2.75. The molecule has 2 N–H and O–H groups in total. The number of nitrogens with zero attached hydrogens (tertiary/aromatic N) is 4. The van der Waals surface area contributed by atoms with Crippen molar-refractivity contribution in [1.82, 2.24) is 9.13 Å². The largest absolute Gasteiger partial charge is 0.507 e. The lowest BCUT2D eigenvalue weighted by Crippen LogP contribution is -2.23. The SMILES string of the molecule is COc1ccc2c3c4n(c2c1)Cc1c(ccc(OC)c1O)CC1=NCCc2c1n(c1cc(C)ccc21)Cc1c(ccc(C)c1O)CC4=NCC3. The summed E-state index contributed by atoms with van der Waals surface area (Å²) in [5.41, 5.74) is 14.6. The second-order valence-corrected chi connectivity index (χ2v) is 13.9. The second-order valence-electron chi connectivity index (χ2n) is 13.9. The fourth-order valence-corrected chi connectivity index (χ4v) is 8.57. The van der Waals surface area contributed by atoms with E-state index in [1.165, 1.54) is 22.1 Å². The zero-order valence-electron chi connectivity index (χ0n) is 28.9. The van der Waals surface area contributed by atoms with Gasteiger partial charge in [-0.25, -0.2) is 0 Å². The molecule has 4 aromatic carbocycles. The molecule has 0 spiro atoms. The number of aryl methyl sites for hydroxylation is 2. The summed E-state index contributed by atoms with van der Waals surface area (Å²) in [5.74, 6) is 1.69. The molecule has 3 aliphatic heterocycles. The van der Waals surface area contributed by atoms with Gasteiger partial charge in [-0.2, -0.15) is 0 Å². The van der Waals surface area contributed by atoms with Gasteiger partial charge in [0.15, 0.2) is 11.5 Å². The maximum absolute atomic E-state index is 11.9. The molecule has 0 aliphatic carbocycles. The molecule has 252 valence electrons. The Labute approximate surface area is 291 Å². The monoisotopic (exact) mass is 664 g/mol. The minimum Gasteiger partial charge on any atom is -0.507 e. The van der Waals surface area contributed by atoms with Crippen LogP contribution in [0.2, 0.25) is 0 Å². The van der Waals surface area contributed by atoms with E-state index in [0.29, 0.717) is 50.5 Å². The fourth-order valence-electron chi connectivity index (χ4n) is 8.57. The van der Waals surface area contributed by atoms with Crippen molar-refractivity contribution < 1.29 is 19.7 Å². The number of hydrogen-bond acceptors (Lipinski definition) is 6. The number of aromatic nitrogens is 2. The van der Waals surface area contributed by atoms with Crippen LogP contribution in [0.4, 0.5) is 0 Å². The minimum atomic E-state index is 0.142. The Balaban J connectivity index is 1.37. The van der Waals surface area contributed by atoms with E-state index < -0.39 is 0 Å². The van der Waals surface area contributed by atoms with Crippen LogP contribution in [0.1, 0.15) is 55.9 Å². The molecule has 2 aromatic heterocycles. The van der Waals surface area contributed by atoms with Crippen molar-refractivity contribution in [3.63, 3.8) is 0 Å². The van der Waals surface area contributed by atoms with Crippen LogP contribution in [0.3, 0.4) is 0 Å². The number of aromatic hydroxyl groups is 2. The lowest BCUT2D eigenvalue weighted by molar-refractivity contribution is 0.369. The van der Waals surface area contributed by atoms with Gasteiger partial charge in [0, 0.05) is 59.4 Å². The molecule has 0 atom stereocenters. The average molecular weight is 665 g/mol. The number of hydrogen-bond donors (Lipinski definition) is 2. The average Bonchev–Trinajstić information content (AvgIpc) is 3.61. The van der Waals surface area contributed by atoms with Crippen LogP contribution >= 0.6 is 0 Å². The van der Waals surface area contributed by atoms with Gasteiger partial charge in [0.25, 0.3) is 0 Å². The summed E-state index contributed by atoms with van der Waals surface area (Å²) in [4.78, 5) is 10.4. The van der Waals surface area contributed by atoms with Crippen molar-refractivity contribution in [3.05, 3.63) is 117 Å². The van der Waals surface area contributed by atoms with Crippen LogP contribution in [-0.2, 0) is 38.8 Å². The highest BCUT2D eigenvalue weighted by Gasteiger charge is 2.30. The van der Waals surface area contributed by atoms with Crippen molar-refractivity contribution in [2.75, 3.05) is 27.3 Å². The van der Waals surface area contributed by atoms with Crippen LogP contribution in [0.25, 0.3) is 21.8 Å². The third-order valence-electron chi connectivity index (χ3n) is 11.1. The number of aliphatic imine (C=N–C) groups is 2. The predicted octanol–water partition coefficient (Wildman–Crippen LogP) is 7.23. The van der Waals surface area contributed by atoms with Gasteiger partial charge in [-0.3, -0.25) is 9.98 Å². The van der Waals surface area contributed by atoms with Crippen LogP contribution < -0.4 is 9.47 Å². The van der Waals surface area contributed by atoms with Gasteiger partial charge in [0.1, 0.15) is 11.5 Å². The first-order chi connectivity index (χ1) is 24.3. The van der Waals surface area contributed by atoms with Crippen LogP contribution in [-0.4, -0.2) is 58.1 Å². The first-order valence-corrected chi connectivity index (χ1v) is 17.4. The summed E-state index contributed by atoms with van der Waals surface area (Å²) < 4.78 is 16.1. The van der Waals surface area contributed by atoms with E-state index in [0.717, 1.165) is 85.6 Å². The number of fused-ring (bicyclic) bond motifs is 8. The van der Waals surface area contributed by atoms with E-state index in [2.05, 4.69) is 58.5 Å². The molecule has 0 bridgehead atoms. The third-order valence-corrected chi connectivity index (χ3v) is 11.1. The molecule has 0 unspecified atom stereocenters. The Morgan fingerprint density at radius 1 is 0.620 bits per heavy atom. The smallest absolute Gasteiger partial charge is 0.163 e.